The summed E-state index contributed by atoms with van der Waals surface area (Å²) in [5.41, 5.74) is 2.16. The summed E-state index contributed by atoms with van der Waals surface area (Å²) < 4.78 is 11.4. The van der Waals surface area contributed by atoms with Crippen LogP contribution in [0.3, 0.4) is 0 Å². The van der Waals surface area contributed by atoms with Crippen molar-refractivity contribution in [2.24, 2.45) is 0 Å². The second-order valence-corrected chi connectivity index (χ2v) is 6.25. The molecule has 26 heavy (non-hydrogen) atoms. The zero-order valence-corrected chi connectivity index (χ0v) is 16.1. The van der Waals surface area contributed by atoms with Crippen molar-refractivity contribution in [1.29, 1.82) is 0 Å². The van der Waals surface area contributed by atoms with Gasteiger partial charge in [-0.1, -0.05) is 38.3 Å². The van der Waals surface area contributed by atoms with Crippen LogP contribution in [0.1, 0.15) is 39.5 Å². The summed E-state index contributed by atoms with van der Waals surface area (Å²) in [6, 6.07) is 16.2. The van der Waals surface area contributed by atoms with Crippen LogP contribution in [0.5, 0.6) is 11.5 Å². The van der Waals surface area contributed by atoms with Gasteiger partial charge in [0, 0.05) is 36.6 Å². The number of ether oxygens (including phenoxy) is 2. The van der Waals surface area contributed by atoms with Gasteiger partial charge in [0.05, 0.1) is 13.2 Å². The summed E-state index contributed by atoms with van der Waals surface area (Å²) in [7, 11) is 0. The van der Waals surface area contributed by atoms with Gasteiger partial charge in [0.15, 0.2) is 0 Å². The summed E-state index contributed by atoms with van der Waals surface area (Å²) in [6.07, 6.45) is 4.90. The first kappa shape index (κ1) is 20.0. The molecule has 0 aliphatic carbocycles. The maximum atomic E-state index is 5.84. The Labute approximate surface area is 157 Å². The highest BCUT2D eigenvalue weighted by atomic mass is 16.5. The molecule has 2 aromatic rings. The van der Waals surface area contributed by atoms with E-state index in [9.17, 15) is 0 Å². The van der Waals surface area contributed by atoms with Crippen molar-refractivity contribution < 1.29 is 9.47 Å². The van der Waals surface area contributed by atoms with E-state index in [4.69, 9.17) is 9.47 Å². The van der Waals surface area contributed by atoms with Crippen molar-refractivity contribution >= 4 is 11.4 Å². The Hall–Kier alpha value is -2.36. The maximum Gasteiger partial charge on any atom is 0.121 e. The van der Waals surface area contributed by atoms with Crippen molar-refractivity contribution in [3.63, 3.8) is 0 Å². The average Bonchev–Trinajstić information content (AvgIpc) is 2.66. The van der Waals surface area contributed by atoms with Gasteiger partial charge in [-0.3, -0.25) is 0 Å². The summed E-state index contributed by atoms with van der Waals surface area (Å²) in [6.45, 7) is 7.35. The lowest BCUT2D eigenvalue weighted by Gasteiger charge is -2.12. The van der Waals surface area contributed by atoms with E-state index in [1.807, 2.05) is 37.3 Å². The van der Waals surface area contributed by atoms with Crippen LogP contribution >= 0.6 is 0 Å². The third-order valence-electron chi connectivity index (χ3n) is 4.03. The Morgan fingerprint density at radius 1 is 0.731 bits per heavy atom. The molecule has 0 aliphatic rings. The lowest BCUT2D eigenvalue weighted by atomic mass is 10.2. The molecule has 0 radical (unpaired) electrons. The van der Waals surface area contributed by atoms with Crippen molar-refractivity contribution in [2.45, 2.75) is 39.5 Å². The fourth-order valence-corrected chi connectivity index (χ4v) is 2.69. The first-order chi connectivity index (χ1) is 12.8. The van der Waals surface area contributed by atoms with Gasteiger partial charge in [-0.05, 0) is 37.6 Å². The average molecular weight is 357 g/mol. The molecule has 142 valence electrons. The van der Waals surface area contributed by atoms with Crippen molar-refractivity contribution in [1.82, 2.24) is 0 Å². The molecule has 0 atom stereocenters. The molecule has 2 N–H and O–H groups in total. The van der Waals surface area contributed by atoms with E-state index in [0.717, 1.165) is 49.0 Å². The van der Waals surface area contributed by atoms with Crippen LogP contribution in [-0.4, -0.2) is 26.3 Å². The molecule has 0 unspecified atom stereocenters. The summed E-state index contributed by atoms with van der Waals surface area (Å²) in [5.74, 6) is 1.83. The van der Waals surface area contributed by atoms with Gasteiger partial charge >= 0.3 is 0 Å². The Kier molecular flexibility index (Phi) is 9.26. The molecule has 0 fully saturated rings. The van der Waals surface area contributed by atoms with Gasteiger partial charge in [0.1, 0.15) is 11.5 Å². The van der Waals surface area contributed by atoms with Crippen LogP contribution in [0.15, 0.2) is 48.5 Å². The SMILES string of the molecule is CCCCCCOc1cccc(NCCNc2cccc(OCC)c2)c1. The first-order valence-electron chi connectivity index (χ1n) is 9.75. The van der Waals surface area contributed by atoms with Gasteiger partial charge in [-0.15, -0.1) is 0 Å². The number of hydrogen-bond donors (Lipinski definition) is 2. The zero-order valence-electron chi connectivity index (χ0n) is 16.1. The third-order valence-corrected chi connectivity index (χ3v) is 4.03. The molecule has 0 saturated heterocycles. The number of anilines is 2. The van der Waals surface area contributed by atoms with Gasteiger partial charge in [-0.25, -0.2) is 0 Å². The number of rotatable bonds is 13. The minimum Gasteiger partial charge on any atom is -0.494 e. The summed E-state index contributed by atoms with van der Waals surface area (Å²) in [4.78, 5) is 0. The van der Waals surface area contributed by atoms with E-state index in [0.29, 0.717) is 6.61 Å². The van der Waals surface area contributed by atoms with Crippen molar-refractivity contribution in [3.8, 4) is 11.5 Å². The van der Waals surface area contributed by atoms with Crippen LogP contribution in [0.4, 0.5) is 11.4 Å². The Morgan fingerprint density at radius 3 is 1.92 bits per heavy atom. The predicted molar refractivity (Wildman–Crippen MR) is 111 cm³/mol. The standard InChI is InChI=1S/C22H32N2O2/c1-3-5-6-7-16-26-22-13-9-11-20(18-22)24-15-14-23-19-10-8-12-21(17-19)25-4-2/h8-13,17-18,23-24H,3-7,14-16H2,1-2H3. The van der Waals surface area contributed by atoms with E-state index in [2.05, 4.69) is 35.8 Å². The van der Waals surface area contributed by atoms with Gasteiger partial charge in [0.2, 0.25) is 0 Å². The zero-order chi connectivity index (χ0) is 18.5. The summed E-state index contributed by atoms with van der Waals surface area (Å²) >= 11 is 0. The molecule has 0 spiro atoms. The van der Waals surface area contributed by atoms with E-state index < -0.39 is 0 Å². The molecule has 0 aliphatic heterocycles. The molecular formula is C22H32N2O2. The minimum absolute atomic E-state index is 0.683. The smallest absolute Gasteiger partial charge is 0.121 e. The minimum atomic E-state index is 0.683. The highest BCUT2D eigenvalue weighted by Crippen LogP contribution is 2.19. The Balaban J connectivity index is 1.69. The second-order valence-electron chi connectivity index (χ2n) is 6.25. The molecule has 0 amide bonds. The Morgan fingerprint density at radius 2 is 1.35 bits per heavy atom. The highest BCUT2D eigenvalue weighted by molar-refractivity contribution is 5.50. The first-order valence-corrected chi connectivity index (χ1v) is 9.75. The molecule has 2 rings (SSSR count). The van der Waals surface area contributed by atoms with E-state index >= 15 is 0 Å². The topological polar surface area (TPSA) is 42.5 Å². The second kappa shape index (κ2) is 12.1. The lowest BCUT2D eigenvalue weighted by Crippen LogP contribution is -2.13. The molecule has 0 heterocycles. The van der Waals surface area contributed by atoms with Gasteiger partial charge < -0.3 is 20.1 Å². The fourth-order valence-electron chi connectivity index (χ4n) is 2.69. The van der Waals surface area contributed by atoms with Crippen LogP contribution in [-0.2, 0) is 0 Å². The Bertz CT molecular complexity index is 631. The van der Waals surface area contributed by atoms with Crippen molar-refractivity contribution in [2.75, 3.05) is 36.9 Å². The maximum absolute atomic E-state index is 5.84. The van der Waals surface area contributed by atoms with E-state index in [-0.39, 0.29) is 0 Å². The number of unbranched alkanes of at least 4 members (excludes halogenated alkanes) is 3. The highest BCUT2D eigenvalue weighted by Gasteiger charge is 1.98. The number of nitrogens with one attached hydrogen (secondary N) is 2. The van der Waals surface area contributed by atoms with Crippen LogP contribution in [0.25, 0.3) is 0 Å². The third kappa shape index (κ3) is 7.68. The molecule has 2 aromatic carbocycles. The van der Waals surface area contributed by atoms with Crippen molar-refractivity contribution in [3.05, 3.63) is 48.5 Å². The normalized spacial score (nSPS) is 10.4. The lowest BCUT2D eigenvalue weighted by molar-refractivity contribution is 0.305. The number of hydrogen-bond acceptors (Lipinski definition) is 4. The van der Waals surface area contributed by atoms with Crippen LogP contribution in [0.2, 0.25) is 0 Å². The predicted octanol–water partition coefficient (Wildman–Crippen LogP) is 5.57. The molecule has 4 heteroatoms. The molecule has 0 aromatic heterocycles. The van der Waals surface area contributed by atoms with E-state index in [1.54, 1.807) is 0 Å². The molecule has 4 nitrogen and oxygen atoms in total. The summed E-state index contributed by atoms with van der Waals surface area (Å²) in [5, 5.41) is 6.84. The van der Waals surface area contributed by atoms with Crippen LogP contribution < -0.4 is 20.1 Å². The quantitative estimate of drug-likeness (QED) is 0.461. The fraction of sp³-hybridized carbons (Fsp3) is 0.455. The monoisotopic (exact) mass is 356 g/mol. The molecular weight excluding hydrogens is 324 g/mol. The molecule has 0 bridgehead atoms. The van der Waals surface area contributed by atoms with Crippen LogP contribution in [0, 0.1) is 0 Å². The molecule has 0 saturated carbocycles. The number of benzene rings is 2. The van der Waals surface area contributed by atoms with Gasteiger partial charge in [-0.2, -0.15) is 0 Å². The van der Waals surface area contributed by atoms with Gasteiger partial charge in [0.25, 0.3) is 0 Å². The largest absolute Gasteiger partial charge is 0.494 e. The van der Waals surface area contributed by atoms with E-state index in [1.165, 1.54) is 19.3 Å².